The molecular formula is C22H26N2O4. The van der Waals surface area contributed by atoms with Crippen LogP contribution < -0.4 is 0 Å². The van der Waals surface area contributed by atoms with Crippen molar-refractivity contribution in [3.05, 3.63) is 48.0 Å². The molecule has 0 saturated carbocycles. The van der Waals surface area contributed by atoms with Gasteiger partial charge in [-0.1, -0.05) is 62.7 Å². The summed E-state index contributed by atoms with van der Waals surface area (Å²) in [6.45, 7) is 6.92. The van der Waals surface area contributed by atoms with Gasteiger partial charge >= 0.3 is 12.0 Å². The van der Waals surface area contributed by atoms with Gasteiger partial charge in [-0.2, -0.15) is 0 Å². The number of carboxylic acid groups (broad SMARTS) is 1. The van der Waals surface area contributed by atoms with Gasteiger partial charge < -0.3 is 10.0 Å². The molecular weight excluding hydrogens is 356 g/mol. The predicted molar refractivity (Wildman–Crippen MR) is 107 cm³/mol. The number of carboxylic acids is 1. The number of carbonyl (C=O) groups excluding carboxylic acids is 2. The molecule has 3 rings (SSSR count). The summed E-state index contributed by atoms with van der Waals surface area (Å²) in [5, 5.41) is 11.6. The number of hydrogen-bond donors (Lipinski definition) is 1. The normalized spacial score (nSPS) is 18.8. The zero-order valence-corrected chi connectivity index (χ0v) is 16.7. The summed E-state index contributed by atoms with van der Waals surface area (Å²) >= 11 is 0. The molecule has 1 heterocycles. The van der Waals surface area contributed by atoms with Crippen LogP contribution in [-0.4, -0.2) is 44.4 Å². The molecule has 0 radical (unpaired) electrons. The van der Waals surface area contributed by atoms with Crippen LogP contribution in [0.4, 0.5) is 4.79 Å². The molecule has 2 atom stereocenters. The smallest absolute Gasteiger partial charge is 0.329 e. The molecule has 1 aliphatic heterocycles. The van der Waals surface area contributed by atoms with E-state index in [1.165, 1.54) is 18.7 Å². The Morgan fingerprint density at radius 2 is 1.79 bits per heavy atom. The van der Waals surface area contributed by atoms with Gasteiger partial charge in [0.1, 0.15) is 11.6 Å². The Bertz CT molecular complexity index is 932. The molecule has 0 aliphatic carbocycles. The lowest BCUT2D eigenvalue weighted by Crippen LogP contribution is -2.53. The van der Waals surface area contributed by atoms with Crippen LogP contribution in [-0.2, 0) is 16.1 Å². The zero-order chi connectivity index (χ0) is 20.6. The number of rotatable bonds is 6. The van der Waals surface area contributed by atoms with Crippen molar-refractivity contribution in [3.8, 4) is 0 Å². The predicted octanol–water partition coefficient (Wildman–Crippen LogP) is 3.88. The lowest BCUT2D eigenvalue weighted by atomic mass is 9.96. The maximum absolute atomic E-state index is 13.2. The maximum atomic E-state index is 13.2. The van der Waals surface area contributed by atoms with Crippen LogP contribution >= 0.6 is 0 Å². The van der Waals surface area contributed by atoms with Crippen molar-refractivity contribution >= 4 is 28.7 Å². The van der Waals surface area contributed by atoms with Gasteiger partial charge in [0, 0.05) is 6.54 Å². The minimum atomic E-state index is -1.60. The number of imide groups is 1. The number of hydrogen-bond acceptors (Lipinski definition) is 3. The third kappa shape index (κ3) is 3.13. The monoisotopic (exact) mass is 382 g/mol. The quantitative estimate of drug-likeness (QED) is 0.769. The lowest BCUT2D eigenvalue weighted by Gasteiger charge is -2.29. The topological polar surface area (TPSA) is 77.9 Å². The van der Waals surface area contributed by atoms with Gasteiger partial charge in [0.2, 0.25) is 0 Å². The van der Waals surface area contributed by atoms with Crippen molar-refractivity contribution in [3.63, 3.8) is 0 Å². The Morgan fingerprint density at radius 1 is 1.14 bits per heavy atom. The number of nitrogens with zero attached hydrogens (tertiary/aromatic N) is 2. The highest BCUT2D eigenvalue weighted by Crippen LogP contribution is 2.33. The first-order chi connectivity index (χ1) is 13.2. The first-order valence-electron chi connectivity index (χ1n) is 9.54. The zero-order valence-electron chi connectivity index (χ0n) is 16.7. The second-order valence-electron chi connectivity index (χ2n) is 7.92. The Labute approximate surface area is 164 Å². The molecule has 3 amide bonds. The fourth-order valence-electron chi connectivity index (χ4n) is 3.77. The Morgan fingerprint density at radius 3 is 2.43 bits per heavy atom. The van der Waals surface area contributed by atoms with E-state index in [-0.39, 0.29) is 12.5 Å². The van der Waals surface area contributed by atoms with Crippen molar-refractivity contribution in [1.29, 1.82) is 0 Å². The molecule has 6 heteroatoms. The second kappa shape index (κ2) is 7.26. The Balaban J connectivity index is 2.05. The van der Waals surface area contributed by atoms with Crippen LogP contribution in [0.1, 0.15) is 39.7 Å². The number of urea groups is 1. The third-order valence-corrected chi connectivity index (χ3v) is 5.73. The summed E-state index contributed by atoms with van der Waals surface area (Å²) in [6.07, 6.45) is 0.705. The fourth-order valence-corrected chi connectivity index (χ4v) is 3.77. The van der Waals surface area contributed by atoms with Crippen molar-refractivity contribution in [1.82, 2.24) is 9.80 Å². The summed E-state index contributed by atoms with van der Waals surface area (Å²) in [6, 6.07) is 12.5. The second-order valence-corrected chi connectivity index (χ2v) is 7.92. The molecule has 2 aromatic carbocycles. The molecule has 1 saturated heterocycles. The van der Waals surface area contributed by atoms with Gasteiger partial charge in [0.15, 0.2) is 0 Å². The third-order valence-electron chi connectivity index (χ3n) is 5.73. The summed E-state index contributed by atoms with van der Waals surface area (Å²) in [7, 11) is 0. The maximum Gasteiger partial charge on any atom is 0.329 e. The molecule has 0 aromatic heterocycles. The van der Waals surface area contributed by atoms with E-state index in [1.807, 2.05) is 56.3 Å². The van der Waals surface area contributed by atoms with E-state index >= 15 is 0 Å². The van der Waals surface area contributed by atoms with E-state index in [4.69, 9.17) is 0 Å². The van der Waals surface area contributed by atoms with Gasteiger partial charge in [0.25, 0.3) is 5.91 Å². The molecule has 2 aromatic rings. The van der Waals surface area contributed by atoms with Crippen LogP contribution in [0.25, 0.3) is 10.8 Å². The molecule has 1 N–H and O–H groups in total. The van der Waals surface area contributed by atoms with Crippen molar-refractivity contribution in [2.24, 2.45) is 5.92 Å². The number of benzene rings is 2. The summed E-state index contributed by atoms with van der Waals surface area (Å²) in [5.74, 6) is -1.72. The number of aliphatic carboxylic acids is 1. The van der Waals surface area contributed by atoms with E-state index < -0.39 is 29.5 Å². The van der Waals surface area contributed by atoms with E-state index in [9.17, 15) is 19.5 Å². The van der Waals surface area contributed by atoms with Crippen LogP contribution in [0, 0.1) is 5.92 Å². The standard InChI is InChI=1S/C22H26N2O4/c1-5-14(2)18-19(25)24(22(3,4)20(26)27)21(28)23(18)13-16-11-8-10-15-9-6-7-12-17(15)16/h6-12,14,18H,5,13H2,1-4H3,(H,26,27). The van der Waals surface area contributed by atoms with Crippen molar-refractivity contribution in [2.45, 2.75) is 52.2 Å². The van der Waals surface area contributed by atoms with E-state index in [1.54, 1.807) is 0 Å². The van der Waals surface area contributed by atoms with Gasteiger partial charge in [-0.3, -0.25) is 4.79 Å². The summed E-state index contributed by atoms with van der Waals surface area (Å²) in [5.41, 5.74) is -0.671. The van der Waals surface area contributed by atoms with E-state index in [0.29, 0.717) is 6.42 Å². The highest BCUT2D eigenvalue weighted by atomic mass is 16.4. The molecule has 6 nitrogen and oxygen atoms in total. The van der Waals surface area contributed by atoms with Crippen LogP contribution in [0.3, 0.4) is 0 Å². The van der Waals surface area contributed by atoms with Crippen LogP contribution in [0.15, 0.2) is 42.5 Å². The largest absolute Gasteiger partial charge is 0.480 e. The molecule has 148 valence electrons. The van der Waals surface area contributed by atoms with Crippen molar-refractivity contribution < 1.29 is 19.5 Å². The van der Waals surface area contributed by atoms with Gasteiger partial charge in [-0.05, 0) is 36.1 Å². The first kappa shape index (κ1) is 19.9. The van der Waals surface area contributed by atoms with E-state index in [0.717, 1.165) is 21.2 Å². The number of carbonyl (C=O) groups is 3. The molecule has 1 fully saturated rings. The average molecular weight is 382 g/mol. The number of fused-ring (bicyclic) bond motifs is 1. The lowest BCUT2D eigenvalue weighted by molar-refractivity contribution is -0.152. The van der Waals surface area contributed by atoms with Crippen molar-refractivity contribution in [2.75, 3.05) is 0 Å². The first-order valence-corrected chi connectivity index (χ1v) is 9.54. The molecule has 1 aliphatic rings. The number of amides is 3. The highest BCUT2D eigenvalue weighted by molar-refractivity contribution is 6.08. The Kier molecular flexibility index (Phi) is 5.15. The SMILES string of the molecule is CCC(C)C1C(=O)N(C(C)(C)C(=O)O)C(=O)N1Cc1cccc2ccccc12. The average Bonchev–Trinajstić information content (AvgIpc) is 2.91. The molecule has 0 bridgehead atoms. The minimum absolute atomic E-state index is 0.0824. The molecule has 0 spiro atoms. The van der Waals surface area contributed by atoms with Crippen LogP contribution in [0.2, 0.25) is 0 Å². The Hall–Kier alpha value is -2.89. The minimum Gasteiger partial charge on any atom is -0.480 e. The van der Waals surface area contributed by atoms with E-state index in [2.05, 4.69) is 0 Å². The van der Waals surface area contributed by atoms with Gasteiger partial charge in [0.05, 0.1) is 0 Å². The highest BCUT2D eigenvalue weighted by Gasteiger charge is 2.54. The molecule has 2 unspecified atom stereocenters. The van der Waals surface area contributed by atoms with Crippen LogP contribution in [0.5, 0.6) is 0 Å². The van der Waals surface area contributed by atoms with Gasteiger partial charge in [-0.15, -0.1) is 0 Å². The molecule has 28 heavy (non-hydrogen) atoms. The summed E-state index contributed by atoms with van der Waals surface area (Å²) < 4.78 is 0. The van der Waals surface area contributed by atoms with Gasteiger partial charge in [-0.25, -0.2) is 14.5 Å². The summed E-state index contributed by atoms with van der Waals surface area (Å²) in [4.78, 5) is 40.5. The fraction of sp³-hybridized carbons (Fsp3) is 0.409.